The van der Waals surface area contributed by atoms with Gasteiger partial charge in [-0.1, -0.05) is 15.9 Å². The van der Waals surface area contributed by atoms with Gasteiger partial charge in [-0.05, 0) is 31.0 Å². The van der Waals surface area contributed by atoms with Crippen LogP contribution in [0.3, 0.4) is 0 Å². The van der Waals surface area contributed by atoms with Gasteiger partial charge >= 0.3 is 0 Å². The summed E-state index contributed by atoms with van der Waals surface area (Å²) in [5, 5.41) is 11.1. The van der Waals surface area contributed by atoms with Gasteiger partial charge in [0.15, 0.2) is 0 Å². The number of pyridine rings is 1. The molecule has 0 radical (unpaired) electrons. The highest BCUT2D eigenvalue weighted by Gasteiger charge is 2.09. The average molecular weight is 261 g/mol. The lowest BCUT2D eigenvalue weighted by molar-refractivity contribution is 1.31. The van der Waals surface area contributed by atoms with Gasteiger partial charge in [-0.2, -0.15) is 5.26 Å². The highest BCUT2D eigenvalue weighted by Crippen LogP contribution is 2.30. The van der Waals surface area contributed by atoms with E-state index in [-0.39, 0.29) is 0 Å². The number of aromatic nitrogens is 1. The molecule has 0 unspecified atom stereocenters. The molecule has 74 valence electrons. The molecule has 0 saturated carbocycles. The first kappa shape index (κ1) is 10.1. The number of halogens is 1. The maximum absolute atomic E-state index is 9.04. The summed E-state index contributed by atoms with van der Waals surface area (Å²) in [5.74, 6) is 0. The van der Waals surface area contributed by atoms with E-state index >= 15 is 0 Å². The van der Waals surface area contributed by atoms with Crippen molar-refractivity contribution in [3.8, 4) is 6.07 Å². The van der Waals surface area contributed by atoms with E-state index in [2.05, 4.69) is 33.0 Å². The highest BCUT2D eigenvalue weighted by atomic mass is 79.9. The number of nitrogens with zero attached hydrogens (tertiary/aromatic N) is 2. The predicted molar refractivity (Wildman–Crippen MR) is 63.6 cm³/mol. The van der Waals surface area contributed by atoms with Crippen molar-refractivity contribution >= 4 is 26.7 Å². The van der Waals surface area contributed by atoms with Gasteiger partial charge in [-0.15, -0.1) is 0 Å². The van der Waals surface area contributed by atoms with E-state index in [0.717, 1.165) is 26.4 Å². The SMILES string of the molecule is Cc1cc(Br)c(C)c2c(C#N)cncc12. The Morgan fingerprint density at radius 2 is 2.07 bits per heavy atom. The lowest BCUT2D eigenvalue weighted by Gasteiger charge is -2.08. The summed E-state index contributed by atoms with van der Waals surface area (Å²) in [7, 11) is 0. The van der Waals surface area contributed by atoms with Gasteiger partial charge < -0.3 is 0 Å². The van der Waals surface area contributed by atoms with Crippen molar-refractivity contribution < 1.29 is 0 Å². The van der Waals surface area contributed by atoms with Crippen molar-refractivity contribution in [2.24, 2.45) is 0 Å². The average Bonchev–Trinajstić information content (AvgIpc) is 2.25. The first-order valence-corrected chi connectivity index (χ1v) is 5.38. The quantitative estimate of drug-likeness (QED) is 0.727. The maximum Gasteiger partial charge on any atom is 0.101 e. The first-order valence-electron chi connectivity index (χ1n) is 4.58. The van der Waals surface area contributed by atoms with E-state index in [4.69, 9.17) is 5.26 Å². The van der Waals surface area contributed by atoms with Gasteiger partial charge in [0.2, 0.25) is 0 Å². The molecule has 0 atom stereocenters. The molecule has 0 aliphatic rings. The van der Waals surface area contributed by atoms with E-state index < -0.39 is 0 Å². The van der Waals surface area contributed by atoms with Crippen LogP contribution in [-0.2, 0) is 0 Å². The van der Waals surface area contributed by atoms with E-state index in [1.54, 1.807) is 6.20 Å². The highest BCUT2D eigenvalue weighted by molar-refractivity contribution is 9.10. The van der Waals surface area contributed by atoms with Crippen molar-refractivity contribution in [1.82, 2.24) is 4.98 Å². The summed E-state index contributed by atoms with van der Waals surface area (Å²) in [6.07, 6.45) is 3.42. The second-order valence-electron chi connectivity index (χ2n) is 3.52. The molecule has 1 heterocycles. The Hall–Kier alpha value is -1.40. The van der Waals surface area contributed by atoms with Gasteiger partial charge in [0.05, 0.1) is 5.56 Å². The van der Waals surface area contributed by atoms with Crippen LogP contribution in [0.5, 0.6) is 0 Å². The van der Waals surface area contributed by atoms with Crippen LogP contribution in [0.2, 0.25) is 0 Å². The smallest absolute Gasteiger partial charge is 0.101 e. The number of benzene rings is 1. The Morgan fingerprint density at radius 3 is 2.73 bits per heavy atom. The fraction of sp³-hybridized carbons (Fsp3) is 0.167. The molecule has 0 fully saturated rings. The zero-order chi connectivity index (χ0) is 11.0. The number of hydrogen-bond acceptors (Lipinski definition) is 2. The van der Waals surface area contributed by atoms with Crippen LogP contribution in [0, 0.1) is 25.2 Å². The standard InChI is InChI=1S/C12H9BrN2/c1-7-3-11(13)8(2)12-9(4-14)5-15-6-10(7)12/h3,5-6H,1-2H3. The third-order valence-electron chi connectivity index (χ3n) is 2.57. The summed E-state index contributed by atoms with van der Waals surface area (Å²) in [6.45, 7) is 4.03. The van der Waals surface area contributed by atoms with Crippen molar-refractivity contribution in [3.63, 3.8) is 0 Å². The van der Waals surface area contributed by atoms with Crippen LogP contribution >= 0.6 is 15.9 Å². The van der Waals surface area contributed by atoms with Crippen LogP contribution in [0.1, 0.15) is 16.7 Å². The topological polar surface area (TPSA) is 36.7 Å². The minimum Gasteiger partial charge on any atom is -0.263 e. The lowest BCUT2D eigenvalue weighted by atomic mass is 10.00. The maximum atomic E-state index is 9.04. The van der Waals surface area contributed by atoms with Crippen LogP contribution in [0.25, 0.3) is 10.8 Å². The fourth-order valence-electron chi connectivity index (χ4n) is 1.74. The fourth-order valence-corrected chi connectivity index (χ4v) is 2.29. The normalized spacial score (nSPS) is 10.3. The van der Waals surface area contributed by atoms with E-state index in [0.29, 0.717) is 5.56 Å². The van der Waals surface area contributed by atoms with Crippen LogP contribution in [-0.4, -0.2) is 4.98 Å². The number of aryl methyl sites for hydroxylation is 2. The predicted octanol–water partition coefficient (Wildman–Crippen LogP) is 3.49. The van der Waals surface area contributed by atoms with Gasteiger partial charge in [-0.25, -0.2) is 0 Å². The molecule has 0 N–H and O–H groups in total. The Labute approximate surface area is 96.7 Å². The Bertz CT molecular complexity index is 582. The molecule has 2 rings (SSSR count). The first-order chi connectivity index (χ1) is 7.15. The molecule has 3 heteroatoms. The summed E-state index contributed by atoms with van der Waals surface area (Å²) >= 11 is 3.50. The summed E-state index contributed by atoms with van der Waals surface area (Å²) in [4.78, 5) is 4.08. The molecule has 0 amide bonds. The van der Waals surface area contributed by atoms with Crippen molar-refractivity contribution in [2.45, 2.75) is 13.8 Å². The molecule has 0 bridgehead atoms. The molecule has 1 aromatic heterocycles. The van der Waals surface area contributed by atoms with Crippen molar-refractivity contribution in [3.05, 3.63) is 39.6 Å². The molecule has 2 nitrogen and oxygen atoms in total. The molecule has 0 saturated heterocycles. The number of hydrogen-bond donors (Lipinski definition) is 0. The summed E-state index contributed by atoms with van der Waals surface area (Å²) in [6, 6.07) is 4.24. The second kappa shape index (κ2) is 3.63. The third-order valence-corrected chi connectivity index (χ3v) is 3.39. The second-order valence-corrected chi connectivity index (χ2v) is 4.38. The molecule has 0 spiro atoms. The van der Waals surface area contributed by atoms with Crippen molar-refractivity contribution in [1.29, 1.82) is 5.26 Å². The number of nitriles is 1. The molecule has 2 aromatic rings. The number of fused-ring (bicyclic) bond motifs is 1. The minimum atomic E-state index is 0.634. The summed E-state index contributed by atoms with van der Waals surface area (Å²) < 4.78 is 1.04. The van der Waals surface area contributed by atoms with E-state index in [1.807, 2.05) is 20.0 Å². The monoisotopic (exact) mass is 260 g/mol. The molecule has 0 aliphatic heterocycles. The Kier molecular flexibility index (Phi) is 2.45. The molecule has 0 aliphatic carbocycles. The number of rotatable bonds is 0. The summed E-state index contributed by atoms with van der Waals surface area (Å²) in [5.41, 5.74) is 2.86. The van der Waals surface area contributed by atoms with Gasteiger partial charge in [-0.3, -0.25) is 4.98 Å². The molecule has 15 heavy (non-hydrogen) atoms. The van der Waals surface area contributed by atoms with Gasteiger partial charge in [0.1, 0.15) is 6.07 Å². The van der Waals surface area contributed by atoms with Gasteiger partial charge in [0.25, 0.3) is 0 Å². The van der Waals surface area contributed by atoms with E-state index in [1.165, 1.54) is 0 Å². The molecule has 1 aromatic carbocycles. The van der Waals surface area contributed by atoms with Gasteiger partial charge in [0, 0.05) is 27.6 Å². The molecular weight excluding hydrogens is 252 g/mol. The molecular formula is C12H9BrN2. The lowest BCUT2D eigenvalue weighted by Crippen LogP contribution is -1.90. The van der Waals surface area contributed by atoms with Crippen LogP contribution in [0.15, 0.2) is 22.9 Å². The largest absolute Gasteiger partial charge is 0.263 e. The minimum absolute atomic E-state index is 0.634. The zero-order valence-corrected chi connectivity index (χ0v) is 10.1. The Morgan fingerprint density at radius 1 is 1.33 bits per heavy atom. The van der Waals surface area contributed by atoms with Crippen LogP contribution < -0.4 is 0 Å². The zero-order valence-electron chi connectivity index (χ0n) is 8.50. The Balaban J connectivity index is 3.05. The van der Waals surface area contributed by atoms with E-state index in [9.17, 15) is 0 Å². The van der Waals surface area contributed by atoms with Crippen molar-refractivity contribution in [2.75, 3.05) is 0 Å². The third kappa shape index (κ3) is 1.51. The van der Waals surface area contributed by atoms with Crippen LogP contribution in [0.4, 0.5) is 0 Å².